The van der Waals surface area contributed by atoms with Gasteiger partial charge in [0.1, 0.15) is 24.1 Å². The van der Waals surface area contributed by atoms with Gasteiger partial charge in [0.05, 0.1) is 5.70 Å². The van der Waals surface area contributed by atoms with Gasteiger partial charge in [-0.05, 0) is 56.0 Å². The van der Waals surface area contributed by atoms with Crippen LogP contribution in [0.2, 0.25) is 0 Å². The minimum absolute atomic E-state index is 0.0735. The largest absolute Gasteiger partial charge is 0.503 e. The molecule has 9 heteroatoms. The van der Waals surface area contributed by atoms with Crippen molar-refractivity contribution in [2.24, 2.45) is 5.92 Å². The van der Waals surface area contributed by atoms with Crippen molar-refractivity contribution >= 4 is 5.91 Å². The van der Waals surface area contributed by atoms with E-state index in [1.165, 1.54) is 26.0 Å². The Labute approximate surface area is 159 Å². The number of carbonyl (C=O) groups excluding carboxylic acids is 1. The molecule has 2 atom stereocenters. The number of ether oxygens (including phenoxy) is 1. The minimum atomic E-state index is -4.63. The van der Waals surface area contributed by atoms with Crippen molar-refractivity contribution in [2.45, 2.75) is 39.0 Å². The molecule has 0 bridgehead atoms. The first-order valence-corrected chi connectivity index (χ1v) is 8.27. The minimum Gasteiger partial charge on any atom is -0.503 e. The van der Waals surface area contributed by atoms with E-state index >= 15 is 0 Å². The smallest absolute Gasteiger partial charge is 0.399 e. The van der Waals surface area contributed by atoms with Gasteiger partial charge in [0.25, 0.3) is 5.91 Å². The van der Waals surface area contributed by atoms with Crippen LogP contribution in [0.4, 0.5) is 17.6 Å². The predicted octanol–water partition coefficient (Wildman–Crippen LogP) is 3.76. The van der Waals surface area contributed by atoms with Crippen LogP contribution in [0.25, 0.3) is 0 Å². The zero-order chi connectivity index (χ0) is 21.5. The Morgan fingerprint density at radius 3 is 2.32 bits per heavy atom. The van der Waals surface area contributed by atoms with E-state index in [1.807, 2.05) is 5.73 Å². The summed E-state index contributed by atoms with van der Waals surface area (Å²) in [6.45, 7) is 3.25. The molecular formula is C19H21F4NO4. The number of allylic oxidation sites excluding steroid dienone is 2. The molecule has 0 radical (unpaired) electrons. The number of benzene rings is 1. The zero-order valence-electron chi connectivity index (χ0n) is 15.5. The molecule has 1 aromatic rings. The second-order valence-corrected chi connectivity index (χ2v) is 6.23. The number of aliphatic hydroxyl groups is 2. The molecule has 3 N–H and O–H groups in total. The van der Waals surface area contributed by atoms with Crippen LogP contribution in [0.15, 0.2) is 47.2 Å². The number of alkyl halides is 3. The fraction of sp³-hybridized carbons (Fsp3) is 0.421. The van der Waals surface area contributed by atoms with Crippen molar-refractivity contribution in [2.75, 3.05) is 6.61 Å². The summed E-state index contributed by atoms with van der Waals surface area (Å²) < 4.78 is 56.2. The van der Waals surface area contributed by atoms with Crippen LogP contribution in [-0.2, 0) is 4.79 Å². The van der Waals surface area contributed by atoms with Crippen molar-refractivity contribution in [1.29, 1.82) is 0 Å². The van der Waals surface area contributed by atoms with E-state index in [1.54, 1.807) is 0 Å². The molecule has 1 unspecified atom stereocenters. The van der Waals surface area contributed by atoms with Crippen molar-refractivity contribution in [1.82, 2.24) is 5.32 Å². The molecule has 0 fully saturated rings. The second kappa shape index (κ2) is 9.46. The third kappa shape index (κ3) is 7.12. The first-order chi connectivity index (χ1) is 12.9. The predicted molar refractivity (Wildman–Crippen MR) is 92.9 cm³/mol. The molecule has 0 saturated carbocycles. The molecule has 1 aromatic carbocycles. The molecule has 0 spiro atoms. The van der Waals surface area contributed by atoms with Crippen molar-refractivity contribution in [3.63, 3.8) is 0 Å². The van der Waals surface area contributed by atoms with Gasteiger partial charge in [0.2, 0.25) is 0 Å². The Morgan fingerprint density at radius 2 is 1.82 bits per heavy atom. The summed E-state index contributed by atoms with van der Waals surface area (Å²) in [5.41, 5.74) is 2.10. The standard InChI is InChI=1S/C19H21F4NO4/c1-4-15(19(21,22)23)16(25)10-5-12(2)24-17(26)18(3,27)11-28-14-8-6-13(20)7-9-14/h6-9,15,25,27H,4,11H2,1-3H3,(H,24,26)/t15?,18-/m0/s1. The molecule has 1 amide bonds. The maximum absolute atomic E-state index is 12.8. The highest BCUT2D eigenvalue weighted by atomic mass is 19.4. The van der Waals surface area contributed by atoms with Gasteiger partial charge in [-0.2, -0.15) is 13.2 Å². The quantitative estimate of drug-likeness (QED) is 0.368. The Bertz CT molecular complexity index is 787. The van der Waals surface area contributed by atoms with Crippen LogP contribution in [0.3, 0.4) is 0 Å². The lowest BCUT2D eigenvalue weighted by Gasteiger charge is -2.22. The van der Waals surface area contributed by atoms with Crippen LogP contribution in [0, 0.1) is 11.7 Å². The molecule has 0 aliphatic heterocycles. The highest BCUT2D eigenvalue weighted by Crippen LogP contribution is 2.32. The Morgan fingerprint density at radius 1 is 1.25 bits per heavy atom. The molecule has 0 aliphatic rings. The highest BCUT2D eigenvalue weighted by molar-refractivity contribution is 5.86. The average Bonchev–Trinajstić information content (AvgIpc) is 2.58. The highest BCUT2D eigenvalue weighted by Gasteiger charge is 2.41. The number of hydrogen-bond acceptors (Lipinski definition) is 4. The maximum atomic E-state index is 12.8. The second-order valence-electron chi connectivity index (χ2n) is 6.23. The lowest BCUT2D eigenvalue weighted by Crippen LogP contribution is -2.48. The third-order valence-corrected chi connectivity index (χ3v) is 3.64. The number of aliphatic hydroxyl groups excluding tert-OH is 1. The normalized spacial score (nSPS) is 14.1. The summed E-state index contributed by atoms with van der Waals surface area (Å²) in [6, 6.07) is 4.92. The first kappa shape index (κ1) is 23.3. The van der Waals surface area contributed by atoms with Gasteiger partial charge in [0, 0.05) is 0 Å². The van der Waals surface area contributed by atoms with Crippen LogP contribution >= 0.6 is 0 Å². The van der Waals surface area contributed by atoms with Crippen molar-refractivity contribution in [3.05, 3.63) is 53.0 Å². The molecule has 0 heterocycles. The monoisotopic (exact) mass is 403 g/mol. The number of rotatable bonds is 7. The van der Waals surface area contributed by atoms with E-state index in [-0.39, 0.29) is 17.9 Å². The average molecular weight is 403 g/mol. The lowest BCUT2D eigenvalue weighted by atomic mass is 10.0. The summed E-state index contributed by atoms with van der Waals surface area (Å²) in [5.74, 6) is -4.31. The van der Waals surface area contributed by atoms with E-state index in [0.29, 0.717) is 0 Å². The molecule has 5 nitrogen and oxygen atoms in total. The number of nitrogens with one attached hydrogen (secondary N) is 1. The van der Waals surface area contributed by atoms with Gasteiger partial charge in [-0.25, -0.2) is 4.39 Å². The number of carbonyl (C=O) groups is 1. The van der Waals surface area contributed by atoms with E-state index < -0.39 is 41.8 Å². The number of amides is 1. The van der Waals surface area contributed by atoms with E-state index in [4.69, 9.17) is 4.74 Å². The van der Waals surface area contributed by atoms with Crippen LogP contribution in [0.5, 0.6) is 5.75 Å². The molecule has 28 heavy (non-hydrogen) atoms. The van der Waals surface area contributed by atoms with Gasteiger partial charge in [-0.3, -0.25) is 4.79 Å². The van der Waals surface area contributed by atoms with Crippen molar-refractivity contribution < 1.29 is 37.3 Å². The van der Waals surface area contributed by atoms with Crippen LogP contribution in [0.1, 0.15) is 27.2 Å². The SMILES string of the molecule is CCC(C(O)=C=C=C(C)NC(=O)[C@@](C)(O)COc1ccc(F)cc1)C(F)(F)F. The third-order valence-electron chi connectivity index (χ3n) is 3.64. The van der Waals surface area contributed by atoms with Crippen LogP contribution < -0.4 is 10.1 Å². The van der Waals surface area contributed by atoms with Crippen LogP contribution in [-0.4, -0.2) is 34.5 Å². The summed E-state index contributed by atoms with van der Waals surface area (Å²) in [6.07, 6.45) is -5.02. The Kier molecular flexibility index (Phi) is 7.88. The van der Waals surface area contributed by atoms with Gasteiger partial charge in [0.15, 0.2) is 11.4 Å². The number of hydrogen-bond donors (Lipinski definition) is 3. The van der Waals surface area contributed by atoms with Gasteiger partial charge in [-0.15, -0.1) is 0 Å². The fourth-order valence-corrected chi connectivity index (χ4v) is 1.98. The Hall–Kier alpha value is -2.73. The van der Waals surface area contributed by atoms with Gasteiger partial charge < -0.3 is 20.3 Å². The molecular weight excluding hydrogens is 382 g/mol. The molecule has 1 rings (SSSR count). The topological polar surface area (TPSA) is 78.8 Å². The zero-order valence-corrected chi connectivity index (χ0v) is 15.5. The molecule has 0 saturated heterocycles. The van der Waals surface area contributed by atoms with Crippen molar-refractivity contribution in [3.8, 4) is 5.75 Å². The summed E-state index contributed by atoms with van der Waals surface area (Å²) in [4.78, 5) is 12.1. The first-order valence-electron chi connectivity index (χ1n) is 8.27. The maximum Gasteiger partial charge on any atom is 0.399 e. The van der Waals surface area contributed by atoms with Gasteiger partial charge >= 0.3 is 6.18 Å². The van der Waals surface area contributed by atoms with E-state index in [2.05, 4.69) is 11.0 Å². The summed E-state index contributed by atoms with van der Waals surface area (Å²) >= 11 is 0. The van der Waals surface area contributed by atoms with E-state index in [9.17, 15) is 32.6 Å². The number of halogens is 4. The fourth-order valence-electron chi connectivity index (χ4n) is 1.98. The summed E-state index contributed by atoms with van der Waals surface area (Å²) in [5, 5.41) is 21.9. The molecule has 154 valence electrons. The molecule has 0 aliphatic carbocycles. The van der Waals surface area contributed by atoms with Gasteiger partial charge in [-0.1, -0.05) is 6.92 Å². The summed E-state index contributed by atoms with van der Waals surface area (Å²) in [7, 11) is 0. The Balaban J connectivity index is 2.84. The van der Waals surface area contributed by atoms with E-state index in [0.717, 1.165) is 19.1 Å². The lowest BCUT2D eigenvalue weighted by molar-refractivity contribution is -0.171. The molecule has 0 aromatic heterocycles.